The molecule has 0 aliphatic rings. The summed E-state index contributed by atoms with van der Waals surface area (Å²) in [6.45, 7) is 1.65. The molecule has 7 nitrogen and oxygen atoms in total. The van der Waals surface area contributed by atoms with Crippen molar-refractivity contribution in [1.82, 2.24) is 4.90 Å². The number of hydrogen-bond acceptors (Lipinski definition) is 5. The highest BCUT2D eigenvalue weighted by Crippen LogP contribution is 2.23. The monoisotopic (exact) mass is 353 g/mol. The first-order valence-corrected chi connectivity index (χ1v) is 8.01. The normalized spacial score (nSPS) is 11.3. The maximum atomic E-state index is 12.3. The van der Waals surface area contributed by atoms with Gasteiger partial charge in [0.2, 0.25) is 0 Å². The van der Waals surface area contributed by atoms with Crippen molar-refractivity contribution in [2.75, 3.05) is 13.7 Å². The molecule has 0 aromatic heterocycles. The lowest BCUT2D eigenvalue weighted by molar-refractivity contribution is -0.384. The molecule has 1 amide bonds. The highest BCUT2D eigenvalue weighted by Gasteiger charge is 2.19. The van der Waals surface area contributed by atoms with Crippen LogP contribution >= 0.6 is 0 Å². The Hall–Kier alpha value is -3.40. The Labute approximate surface area is 151 Å². The molecule has 0 fully saturated rings. The molecule has 0 aliphatic carbocycles. The van der Waals surface area contributed by atoms with E-state index in [2.05, 4.69) is 6.07 Å². The fraction of sp³-hybridized carbons (Fsp3) is 0.263. The topological polar surface area (TPSA) is 96.5 Å². The van der Waals surface area contributed by atoms with Crippen LogP contribution in [0.25, 0.3) is 0 Å². The minimum atomic E-state index is -0.461. The first-order valence-electron chi connectivity index (χ1n) is 8.01. The molecule has 0 saturated carbocycles. The van der Waals surface area contributed by atoms with E-state index in [1.54, 1.807) is 50.4 Å². The van der Waals surface area contributed by atoms with E-state index in [-0.39, 0.29) is 24.2 Å². The number of non-ortho nitro benzene ring substituents is 1. The second-order valence-electron chi connectivity index (χ2n) is 5.80. The second kappa shape index (κ2) is 8.62. The molecule has 0 saturated heterocycles. The maximum absolute atomic E-state index is 12.3. The summed E-state index contributed by atoms with van der Waals surface area (Å²) in [4.78, 5) is 24.3. The van der Waals surface area contributed by atoms with Crippen molar-refractivity contribution in [1.29, 1.82) is 5.26 Å². The molecule has 2 aromatic rings. The quantitative estimate of drug-likeness (QED) is 0.562. The SMILES string of the molecule is CC(c1cccc([N+](=O)[O-])c1)N(C)C(=O)COc1ccc(CC#N)cc1. The summed E-state index contributed by atoms with van der Waals surface area (Å²) >= 11 is 0. The largest absolute Gasteiger partial charge is 0.484 e. The van der Waals surface area contributed by atoms with Crippen molar-refractivity contribution >= 4 is 11.6 Å². The van der Waals surface area contributed by atoms with Gasteiger partial charge in [-0.1, -0.05) is 24.3 Å². The van der Waals surface area contributed by atoms with Crippen LogP contribution in [-0.4, -0.2) is 29.4 Å². The summed E-state index contributed by atoms with van der Waals surface area (Å²) in [5.41, 5.74) is 1.54. The number of hydrogen-bond donors (Lipinski definition) is 0. The first kappa shape index (κ1) is 18.9. The third-order valence-electron chi connectivity index (χ3n) is 4.11. The fourth-order valence-electron chi connectivity index (χ4n) is 2.38. The Morgan fingerprint density at radius 1 is 1.31 bits per heavy atom. The molecule has 0 N–H and O–H groups in total. The molecule has 0 heterocycles. The van der Waals surface area contributed by atoms with E-state index in [4.69, 9.17) is 10.00 Å². The Morgan fingerprint density at radius 2 is 2.00 bits per heavy atom. The highest BCUT2D eigenvalue weighted by molar-refractivity contribution is 5.78. The molecule has 2 rings (SSSR count). The molecular formula is C19H19N3O4. The van der Waals surface area contributed by atoms with Crippen LogP contribution in [0, 0.1) is 21.4 Å². The lowest BCUT2D eigenvalue weighted by Crippen LogP contribution is -2.33. The minimum Gasteiger partial charge on any atom is -0.484 e. The van der Waals surface area contributed by atoms with Crippen molar-refractivity contribution < 1.29 is 14.5 Å². The predicted octanol–water partition coefficient (Wildman–Crippen LogP) is 3.26. The van der Waals surface area contributed by atoms with Gasteiger partial charge in [-0.15, -0.1) is 0 Å². The summed E-state index contributed by atoms with van der Waals surface area (Å²) in [7, 11) is 1.63. The number of ether oxygens (including phenoxy) is 1. The van der Waals surface area contributed by atoms with Crippen LogP contribution < -0.4 is 4.74 Å². The van der Waals surface area contributed by atoms with E-state index in [1.165, 1.54) is 17.0 Å². The van der Waals surface area contributed by atoms with E-state index in [0.717, 1.165) is 5.56 Å². The fourth-order valence-corrected chi connectivity index (χ4v) is 2.38. The Kier molecular flexibility index (Phi) is 6.28. The molecule has 1 unspecified atom stereocenters. The Bertz CT molecular complexity index is 827. The highest BCUT2D eigenvalue weighted by atomic mass is 16.6. The van der Waals surface area contributed by atoms with E-state index < -0.39 is 4.92 Å². The lowest BCUT2D eigenvalue weighted by atomic mass is 10.1. The van der Waals surface area contributed by atoms with Crippen LogP contribution in [0.5, 0.6) is 5.75 Å². The molecule has 134 valence electrons. The molecule has 0 radical (unpaired) electrons. The van der Waals surface area contributed by atoms with E-state index in [9.17, 15) is 14.9 Å². The van der Waals surface area contributed by atoms with Crippen molar-refractivity contribution in [2.45, 2.75) is 19.4 Å². The predicted molar refractivity (Wildman–Crippen MR) is 95.5 cm³/mol. The van der Waals surface area contributed by atoms with Crippen LogP contribution in [0.15, 0.2) is 48.5 Å². The molecule has 2 aromatic carbocycles. The van der Waals surface area contributed by atoms with Crippen LogP contribution in [-0.2, 0) is 11.2 Å². The van der Waals surface area contributed by atoms with E-state index >= 15 is 0 Å². The average Bonchev–Trinajstić information content (AvgIpc) is 2.66. The zero-order valence-electron chi connectivity index (χ0n) is 14.6. The number of carbonyl (C=O) groups is 1. The van der Waals surface area contributed by atoms with Crippen molar-refractivity contribution in [3.05, 3.63) is 69.8 Å². The zero-order chi connectivity index (χ0) is 19.1. The molecular weight excluding hydrogens is 334 g/mol. The molecule has 1 atom stereocenters. The zero-order valence-corrected chi connectivity index (χ0v) is 14.6. The maximum Gasteiger partial charge on any atom is 0.269 e. The number of amides is 1. The molecule has 0 bridgehead atoms. The summed E-state index contributed by atoms with van der Waals surface area (Å²) < 4.78 is 5.49. The van der Waals surface area contributed by atoms with E-state index in [1.807, 2.05) is 0 Å². The van der Waals surface area contributed by atoms with Crippen LogP contribution in [0.1, 0.15) is 24.1 Å². The Balaban J connectivity index is 1.97. The number of carbonyl (C=O) groups excluding carboxylic acids is 1. The third-order valence-corrected chi connectivity index (χ3v) is 4.11. The number of nitrogens with zero attached hydrogens (tertiary/aromatic N) is 3. The summed E-state index contributed by atoms with van der Waals surface area (Å²) in [5.74, 6) is 0.293. The lowest BCUT2D eigenvalue weighted by Gasteiger charge is -2.25. The number of nitriles is 1. The number of likely N-dealkylation sites (N-methyl/N-ethyl adjacent to an activating group) is 1. The number of nitro benzene ring substituents is 1. The molecule has 26 heavy (non-hydrogen) atoms. The van der Waals surface area contributed by atoms with Gasteiger partial charge in [0.15, 0.2) is 6.61 Å². The van der Waals surface area contributed by atoms with Gasteiger partial charge in [0.25, 0.3) is 11.6 Å². The Morgan fingerprint density at radius 3 is 2.62 bits per heavy atom. The summed E-state index contributed by atoms with van der Waals surface area (Å²) in [6.07, 6.45) is 0.322. The van der Waals surface area contributed by atoms with Gasteiger partial charge in [-0.3, -0.25) is 14.9 Å². The van der Waals surface area contributed by atoms with Gasteiger partial charge in [0.05, 0.1) is 23.5 Å². The van der Waals surface area contributed by atoms with Crippen molar-refractivity contribution in [3.63, 3.8) is 0 Å². The van der Waals surface area contributed by atoms with Crippen molar-refractivity contribution in [3.8, 4) is 11.8 Å². The second-order valence-corrected chi connectivity index (χ2v) is 5.80. The molecule has 0 spiro atoms. The minimum absolute atomic E-state index is 0.0103. The smallest absolute Gasteiger partial charge is 0.269 e. The number of rotatable bonds is 7. The van der Waals surface area contributed by atoms with E-state index in [0.29, 0.717) is 17.7 Å². The standard InChI is InChI=1S/C19H19N3O4/c1-14(16-4-3-5-17(12-16)22(24)25)21(2)19(23)13-26-18-8-6-15(7-9-18)10-11-20/h3-9,12,14H,10,13H2,1-2H3. The summed E-state index contributed by atoms with van der Waals surface area (Å²) in [6, 6.07) is 14.9. The van der Waals surface area contributed by atoms with Gasteiger partial charge in [0, 0.05) is 19.2 Å². The average molecular weight is 353 g/mol. The first-order chi connectivity index (χ1) is 12.4. The number of nitro groups is 1. The van der Waals surface area contributed by atoms with Gasteiger partial charge in [-0.2, -0.15) is 5.26 Å². The van der Waals surface area contributed by atoms with Crippen LogP contribution in [0.3, 0.4) is 0 Å². The van der Waals surface area contributed by atoms with Gasteiger partial charge < -0.3 is 9.64 Å². The summed E-state index contributed by atoms with van der Waals surface area (Å²) in [5, 5.41) is 19.5. The van der Waals surface area contributed by atoms with Crippen molar-refractivity contribution in [2.24, 2.45) is 0 Å². The van der Waals surface area contributed by atoms with Gasteiger partial charge in [-0.05, 0) is 30.2 Å². The van der Waals surface area contributed by atoms with Crippen LogP contribution in [0.2, 0.25) is 0 Å². The van der Waals surface area contributed by atoms with Gasteiger partial charge >= 0.3 is 0 Å². The third kappa shape index (κ3) is 4.80. The van der Waals surface area contributed by atoms with Crippen LogP contribution in [0.4, 0.5) is 5.69 Å². The molecule has 0 aliphatic heterocycles. The molecule has 7 heteroatoms. The van der Waals surface area contributed by atoms with Gasteiger partial charge in [0.1, 0.15) is 5.75 Å². The number of benzene rings is 2. The van der Waals surface area contributed by atoms with Gasteiger partial charge in [-0.25, -0.2) is 0 Å².